The zero-order valence-corrected chi connectivity index (χ0v) is 11.3. The van der Waals surface area contributed by atoms with E-state index in [4.69, 9.17) is 0 Å². The molecule has 2 N–H and O–H groups in total. The summed E-state index contributed by atoms with van der Waals surface area (Å²) in [5.41, 5.74) is 0.286. The van der Waals surface area contributed by atoms with E-state index in [0.717, 1.165) is 11.8 Å². The quantitative estimate of drug-likeness (QED) is 0.739. The smallest absolute Gasteiger partial charge is 0.342 e. The van der Waals surface area contributed by atoms with Gasteiger partial charge in [-0.05, 0) is 18.2 Å². The molecule has 0 fully saturated rings. The second kappa shape index (κ2) is 4.92. The molecule has 21 heavy (non-hydrogen) atoms. The van der Waals surface area contributed by atoms with E-state index in [-0.39, 0.29) is 10.2 Å². The number of pyridine rings is 1. The normalized spacial score (nSPS) is 11.8. The van der Waals surface area contributed by atoms with Crippen molar-refractivity contribution >= 4 is 33.1 Å². The lowest BCUT2D eigenvalue weighted by Gasteiger charge is -2.05. The van der Waals surface area contributed by atoms with Gasteiger partial charge in [0.2, 0.25) is 0 Å². The Morgan fingerprint density at radius 2 is 1.81 bits per heavy atom. The van der Waals surface area contributed by atoms with Crippen LogP contribution in [0.5, 0.6) is 0 Å². The van der Waals surface area contributed by atoms with E-state index in [0.29, 0.717) is 17.2 Å². The van der Waals surface area contributed by atoms with Crippen LogP contribution in [0, 0.1) is 0 Å². The zero-order valence-electron chi connectivity index (χ0n) is 10.5. The van der Waals surface area contributed by atoms with E-state index in [1.54, 1.807) is 12.1 Å². The molecule has 0 aliphatic carbocycles. The molecule has 3 aromatic rings. The van der Waals surface area contributed by atoms with Crippen molar-refractivity contribution in [3.8, 4) is 0 Å². The molecule has 3 rings (SSSR count). The van der Waals surface area contributed by atoms with Crippen molar-refractivity contribution in [2.24, 2.45) is 0 Å². The number of hydrogen-bond donors (Lipinski definition) is 2. The third-order valence-electron chi connectivity index (χ3n) is 2.85. The first-order valence-corrected chi connectivity index (χ1v) is 6.81. The van der Waals surface area contributed by atoms with Crippen molar-refractivity contribution in [3.63, 3.8) is 0 Å². The molecule has 3 nitrogen and oxygen atoms in total. The molecule has 0 atom stereocenters. The molecule has 2 aromatic heterocycles. The summed E-state index contributed by atoms with van der Waals surface area (Å²) in [5, 5.41) is 3.00. The van der Waals surface area contributed by atoms with Crippen LogP contribution >= 0.6 is 11.3 Å². The number of fused-ring (bicyclic) bond motifs is 1. The Morgan fingerprint density at radius 1 is 1.10 bits per heavy atom. The van der Waals surface area contributed by atoms with Gasteiger partial charge < -0.3 is 10.3 Å². The molecule has 0 aliphatic rings. The highest BCUT2D eigenvalue weighted by atomic mass is 32.1. The molecule has 0 spiro atoms. The molecule has 0 aliphatic heterocycles. The molecule has 7 heteroatoms. The van der Waals surface area contributed by atoms with Crippen molar-refractivity contribution in [1.29, 1.82) is 0 Å². The third kappa shape index (κ3) is 2.78. The van der Waals surface area contributed by atoms with Crippen LogP contribution in [0.1, 0.15) is 4.88 Å². The summed E-state index contributed by atoms with van der Waals surface area (Å²) in [7, 11) is 0. The Bertz CT molecular complexity index is 837. The minimum Gasteiger partial charge on any atom is -0.342 e. The summed E-state index contributed by atoms with van der Waals surface area (Å²) in [4.78, 5) is 14.1. The summed E-state index contributed by atoms with van der Waals surface area (Å²) >= 11 is 0.523. The highest BCUT2D eigenvalue weighted by molar-refractivity contribution is 7.18. The second-order valence-corrected chi connectivity index (χ2v) is 5.44. The summed E-state index contributed by atoms with van der Waals surface area (Å²) in [6, 6.07) is 11.2. The topological polar surface area (TPSA) is 44.9 Å². The van der Waals surface area contributed by atoms with Crippen LogP contribution in [0.15, 0.2) is 47.3 Å². The van der Waals surface area contributed by atoms with E-state index >= 15 is 0 Å². The number of para-hydroxylation sites is 1. The second-order valence-electron chi connectivity index (χ2n) is 4.39. The van der Waals surface area contributed by atoms with Gasteiger partial charge in [-0.15, -0.1) is 11.3 Å². The van der Waals surface area contributed by atoms with Crippen LogP contribution in [-0.2, 0) is 6.18 Å². The number of nitrogens with one attached hydrogen (secondary N) is 2. The Labute approximate surface area is 121 Å². The zero-order chi connectivity index (χ0) is 15.0. The van der Waals surface area contributed by atoms with Gasteiger partial charge in [0.25, 0.3) is 0 Å². The standard InChI is InChI=1S/C14H9F3N2OS/c15-14(16,17)11-6-9-10(20)7-12(19-13(9)21-11)18-8-4-2-1-3-5-8/h1-7H,(H2,18,19,20). The van der Waals surface area contributed by atoms with Crippen molar-refractivity contribution in [2.75, 3.05) is 5.32 Å². The lowest BCUT2D eigenvalue weighted by Crippen LogP contribution is -2.03. The van der Waals surface area contributed by atoms with E-state index in [1.165, 1.54) is 6.07 Å². The van der Waals surface area contributed by atoms with Gasteiger partial charge in [-0.2, -0.15) is 13.2 Å². The van der Waals surface area contributed by atoms with E-state index < -0.39 is 16.5 Å². The molecule has 108 valence electrons. The number of thiophene rings is 1. The van der Waals surface area contributed by atoms with Crippen LogP contribution in [-0.4, -0.2) is 4.98 Å². The molecule has 0 amide bonds. The number of benzene rings is 1. The van der Waals surface area contributed by atoms with Crippen LogP contribution in [0.3, 0.4) is 0 Å². The van der Waals surface area contributed by atoms with Crippen LogP contribution in [0.25, 0.3) is 10.2 Å². The molecule has 0 bridgehead atoms. The fraction of sp³-hybridized carbons (Fsp3) is 0.0714. The van der Waals surface area contributed by atoms with Gasteiger partial charge >= 0.3 is 6.18 Å². The van der Waals surface area contributed by atoms with Gasteiger partial charge in [0, 0.05) is 11.8 Å². The van der Waals surface area contributed by atoms with Crippen molar-refractivity contribution < 1.29 is 13.2 Å². The minimum atomic E-state index is -4.45. The molecule has 0 unspecified atom stereocenters. The first kappa shape index (κ1) is 13.7. The van der Waals surface area contributed by atoms with E-state index in [2.05, 4.69) is 10.3 Å². The van der Waals surface area contributed by atoms with Crippen molar-refractivity contribution in [2.45, 2.75) is 6.18 Å². The molecule has 1 aromatic carbocycles. The number of alkyl halides is 3. The number of anilines is 2. The van der Waals surface area contributed by atoms with Gasteiger partial charge in [-0.25, -0.2) is 0 Å². The van der Waals surface area contributed by atoms with Crippen LogP contribution in [0.2, 0.25) is 0 Å². The average molecular weight is 310 g/mol. The molecular weight excluding hydrogens is 301 g/mol. The lowest BCUT2D eigenvalue weighted by molar-refractivity contribution is -0.134. The third-order valence-corrected chi connectivity index (χ3v) is 3.95. The molecule has 0 radical (unpaired) electrons. The lowest BCUT2D eigenvalue weighted by atomic mass is 10.3. The fourth-order valence-electron chi connectivity index (χ4n) is 1.92. The number of rotatable bonds is 2. The van der Waals surface area contributed by atoms with Gasteiger partial charge in [0.05, 0.1) is 5.39 Å². The minimum absolute atomic E-state index is 0.0472. The SMILES string of the molecule is O=c1cc(Nc2ccccc2)[nH]c2sc(C(F)(F)F)cc12. The molecule has 2 heterocycles. The Morgan fingerprint density at radius 3 is 2.48 bits per heavy atom. The fourth-order valence-corrected chi connectivity index (χ4v) is 2.86. The molecule has 0 saturated heterocycles. The van der Waals surface area contributed by atoms with Gasteiger partial charge in [-0.1, -0.05) is 18.2 Å². The van der Waals surface area contributed by atoms with Gasteiger partial charge in [0.1, 0.15) is 15.5 Å². The predicted molar refractivity (Wildman–Crippen MR) is 77.2 cm³/mol. The van der Waals surface area contributed by atoms with Crippen LogP contribution in [0.4, 0.5) is 24.7 Å². The van der Waals surface area contributed by atoms with Crippen LogP contribution < -0.4 is 10.7 Å². The summed E-state index contributed by atoms with van der Waals surface area (Å²) in [6.07, 6.45) is -4.45. The van der Waals surface area contributed by atoms with E-state index in [9.17, 15) is 18.0 Å². The van der Waals surface area contributed by atoms with Gasteiger partial charge in [0.15, 0.2) is 5.43 Å². The van der Waals surface area contributed by atoms with Crippen molar-refractivity contribution in [3.05, 3.63) is 57.6 Å². The summed E-state index contributed by atoms with van der Waals surface area (Å²) < 4.78 is 38.1. The molecule has 0 saturated carbocycles. The first-order valence-electron chi connectivity index (χ1n) is 5.99. The highest BCUT2D eigenvalue weighted by Gasteiger charge is 2.33. The maximum atomic E-state index is 12.7. The number of hydrogen-bond acceptors (Lipinski definition) is 3. The number of H-pyrrole nitrogens is 1. The van der Waals surface area contributed by atoms with E-state index in [1.807, 2.05) is 18.2 Å². The maximum absolute atomic E-state index is 12.7. The average Bonchev–Trinajstić information content (AvgIpc) is 2.84. The van der Waals surface area contributed by atoms with Crippen molar-refractivity contribution in [1.82, 2.24) is 4.98 Å². The van der Waals surface area contributed by atoms with Gasteiger partial charge in [-0.3, -0.25) is 4.79 Å². The Balaban J connectivity index is 2.05. The predicted octanol–water partition coefficient (Wildman–Crippen LogP) is 4.35. The maximum Gasteiger partial charge on any atom is 0.425 e. The first-order chi connectivity index (χ1) is 9.93. The number of aromatic nitrogens is 1. The number of aromatic amines is 1. The summed E-state index contributed by atoms with van der Waals surface area (Å²) in [5.74, 6) is 0.356. The monoisotopic (exact) mass is 310 g/mol. The largest absolute Gasteiger partial charge is 0.425 e. The number of halogens is 3. The molecular formula is C14H9F3N2OS. The highest BCUT2D eigenvalue weighted by Crippen LogP contribution is 2.36. The Hall–Kier alpha value is -2.28. The Kier molecular flexibility index (Phi) is 3.21. The summed E-state index contributed by atoms with van der Waals surface area (Å²) in [6.45, 7) is 0.